The van der Waals surface area contributed by atoms with Crippen molar-refractivity contribution in [1.82, 2.24) is 9.78 Å². The smallest absolute Gasteiger partial charge is 0.225 e. The van der Waals surface area contributed by atoms with Gasteiger partial charge in [0.2, 0.25) is 5.91 Å². The zero-order valence-corrected chi connectivity index (χ0v) is 12.7. The highest BCUT2D eigenvalue weighted by Gasteiger charge is 2.09. The van der Waals surface area contributed by atoms with Gasteiger partial charge in [-0.15, -0.1) is 0 Å². The second-order valence-corrected chi connectivity index (χ2v) is 5.15. The van der Waals surface area contributed by atoms with E-state index in [0.29, 0.717) is 12.8 Å². The van der Waals surface area contributed by atoms with Gasteiger partial charge in [0, 0.05) is 18.5 Å². The standard InChI is InChI=1S/C16H21N3O2/c1-12(2)19-15(9-10-17-19)18-16(20)8-7-13-5-4-6-14(11-13)21-3/h4-6,9-12H,7-8H2,1-3H3,(H,18,20). The van der Waals surface area contributed by atoms with Crippen LogP contribution in [0.3, 0.4) is 0 Å². The molecule has 0 atom stereocenters. The molecule has 1 N–H and O–H groups in total. The van der Waals surface area contributed by atoms with Crippen molar-refractivity contribution in [3.05, 3.63) is 42.1 Å². The van der Waals surface area contributed by atoms with Crippen molar-refractivity contribution in [3.63, 3.8) is 0 Å². The molecule has 0 unspecified atom stereocenters. The fourth-order valence-electron chi connectivity index (χ4n) is 2.12. The monoisotopic (exact) mass is 287 g/mol. The number of nitrogens with one attached hydrogen (secondary N) is 1. The number of amides is 1. The molecule has 0 aliphatic carbocycles. The van der Waals surface area contributed by atoms with Gasteiger partial charge in [0.25, 0.3) is 0 Å². The molecule has 0 saturated heterocycles. The number of hydrogen-bond donors (Lipinski definition) is 1. The highest BCUT2D eigenvalue weighted by Crippen LogP contribution is 2.16. The molecule has 0 aliphatic heterocycles. The van der Waals surface area contributed by atoms with E-state index < -0.39 is 0 Å². The predicted molar refractivity (Wildman–Crippen MR) is 82.6 cm³/mol. The molecule has 0 saturated carbocycles. The third kappa shape index (κ3) is 4.08. The number of carbonyl (C=O) groups excluding carboxylic acids is 1. The first-order valence-corrected chi connectivity index (χ1v) is 7.06. The molecule has 0 spiro atoms. The minimum atomic E-state index is -0.0137. The number of carbonyl (C=O) groups is 1. The van der Waals surface area contributed by atoms with Crippen LogP contribution in [0, 0.1) is 0 Å². The van der Waals surface area contributed by atoms with E-state index in [1.54, 1.807) is 18.0 Å². The number of aromatic nitrogens is 2. The average molecular weight is 287 g/mol. The molecule has 2 rings (SSSR count). The summed E-state index contributed by atoms with van der Waals surface area (Å²) < 4.78 is 6.97. The van der Waals surface area contributed by atoms with Crippen LogP contribution < -0.4 is 10.1 Å². The summed E-state index contributed by atoms with van der Waals surface area (Å²) in [6, 6.07) is 9.79. The van der Waals surface area contributed by atoms with E-state index >= 15 is 0 Å². The van der Waals surface area contributed by atoms with Gasteiger partial charge in [-0.2, -0.15) is 5.10 Å². The van der Waals surface area contributed by atoms with Crippen molar-refractivity contribution in [2.45, 2.75) is 32.7 Å². The molecule has 1 heterocycles. The molecule has 0 bridgehead atoms. The fraction of sp³-hybridized carbons (Fsp3) is 0.375. The van der Waals surface area contributed by atoms with Crippen LogP contribution in [0.25, 0.3) is 0 Å². The van der Waals surface area contributed by atoms with Crippen LogP contribution >= 0.6 is 0 Å². The molecule has 0 aliphatic rings. The molecule has 21 heavy (non-hydrogen) atoms. The number of rotatable bonds is 6. The van der Waals surface area contributed by atoms with E-state index in [1.165, 1.54) is 0 Å². The summed E-state index contributed by atoms with van der Waals surface area (Å²) in [5.74, 6) is 1.53. The Kier molecular flexibility index (Phi) is 4.98. The Labute approximate surface area is 124 Å². The zero-order valence-electron chi connectivity index (χ0n) is 12.7. The number of benzene rings is 1. The van der Waals surface area contributed by atoms with Crippen LogP contribution in [0.4, 0.5) is 5.82 Å². The fourth-order valence-corrected chi connectivity index (χ4v) is 2.12. The number of aryl methyl sites for hydroxylation is 1. The van der Waals surface area contributed by atoms with Gasteiger partial charge < -0.3 is 10.1 Å². The maximum atomic E-state index is 12.0. The van der Waals surface area contributed by atoms with E-state index in [9.17, 15) is 4.79 Å². The topological polar surface area (TPSA) is 56.1 Å². The summed E-state index contributed by atoms with van der Waals surface area (Å²) in [7, 11) is 1.64. The molecule has 1 amide bonds. The van der Waals surface area contributed by atoms with Gasteiger partial charge in [-0.1, -0.05) is 12.1 Å². The number of anilines is 1. The van der Waals surface area contributed by atoms with Crippen molar-refractivity contribution in [2.75, 3.05) is 12.4 Å². The second kappa shape index (κ2) is 6.92. The van der Waals surface area contributed by atoms with Crippen LogP contribution in [0.15, 0.2) is 36.5 Å². The Morgan fingerprint density at radius 3 is 2.90 bits per heavy atom. The predicted octanol–water partition coefficient (Wildman–Crippen LogP) is 3.04. The lowest BCUT2D eigenvalue weighted by Crippen LogP contribution is -2.17. The van der Waals surface area contributed by atoms with E-state index in [-0.39, 0.29) is 11.9 Å². The first kappa shape index (κ1) is 15.1. The van der Waals surface area contributed by atoms with Crippen molar-refractivity contribution in [3.8, 4) is 5.75 Å². The van der Waals surface area contributed by atoms with Crippen LogP contribution in [0.1, 0.15) is 31.9 Å². The molecular weight excluding hydrogens is 266 g/mol. The Bertz CT molecular complexity index is 605. The molecule has 0 radical (unpaired) electrons. The molecule has 1 aromatic heterocycles. The number of nitrogens with zero attached hydrogens (tertiary/aromatic N) is 2. The van der Waals surface area contributed by atoms with Gasteiger partial charge >= 0.3 is 0 Å². The van der Waals surface area contributed by atoms with Gasteiger partial charge in [-0.3, -0.25) is 4.79 Å². The van der Waals surface area contributed by atoms with Crippen molar-refractivity contribution >= 4 is 11.7 Å². The summed E-state index contributed by atoms with van der Waals surface area (Å²) in [5, 5.41) is 7.10. The van der Waals surface area contributed by atoms with Gasteiger partial charge in [-0.25, -0.2) is 4.68 Å². The summed E-state index contributed by atoms with van der Waals surface area (Å²) in [4.78, 5) is 12.0. The van der Waals surface area contributed by atoms with Gasteiger partial charge in [-0.05, 0) is 38.0 Å². The maximum absolute atomic E-state index is 12.0. The lowest BCUT2D eigenvalue weighted by Gasteiger charge is -2.11. The van der Waals surface area contributed by atoms with Crippen molar-refractivity contribution < 1.29 is 9.53 Å². The van der Waals surface area contributed by atoms with Crippen LogP contribution in [0.5, 0.6) is 5.75 Å². The summed E-state index contributed by atoms with van der Waals surface area (Å²) in [6.07, 6.45) is 2.80. The number of methoxy groups -OCH3 is 1. The van der Waals surface area contributed by atoms with Gasteiger partial charge in [0.1, 0.15) is 11.6 Å². The van der Waals surface area contributed by atoms with E-state index in [1.807, 2.05) is 44.2 Å². The molecule has 5 nitrogen and oxygen atoms in total. The van der Waals surface area contributed by atoms with Gasteiger partial charge in [0.15, 0.2) is 0 Å². The first-order chi connectivity index (χ1) is 10.1. The third-order valence-corrected chi connectivity index (χ3v) is 3.20. The first-order valence-electron chi connectivity index (χ1n) is 7.06. The molecule has 0 fully saturated rings. The number of hydrogen-bond acceptors (Lipinski definition) is 3. The minimum Gasteiger partial charge on any atom is -0.497 e. The third-order valence-electron chi connectivity index (χ3n) is 3.20. The summed E-state index contributed by atoms with van der Waals surface area (Å²) in [5.41, 5.74) is 1.09. The summed E-state index contributed by atoms with van der Waals surface area (Å²) >= 11 is 0. The Morgan fingerprint density at radius 1 is 1.38 bits per heavy atom. The molecule has 112 valence electrons. The van der Waals surface area contributed by atoms with Crippen molar-refractivity contribution in [1.29, 1.82) is 0 Å². The Morgan fingerprint density at radius 2 is 2.19 bits per heavy atom. The molecule has 1 aromatic carbocycles. The van der Waals surface area contributed by atoms with E-state index in [2.05, 4.69) is 10.4 Å². The van der Waals surface area contributed by atoms with Crippen LogP contribution in [-0.4, -0.2) is 22.8 Å². The van der Waals surface area contributed by atoms with Crippen molar-refractivity contribution in [2.24, 2.45) is 0 Å². The second-order valence-electron chi connectivity index (χ2n) is 5.15. The lowest BCUT2D eigenvalue weighted by atomic mass is 10.1. The van der Waals surface area contributed by atoms with Gasteiger partial charge in [0.05, 0.1) is 13.3 Å². The lowest BCUT2D eigenvalue weighted by molar-refractivity contribution is -0.116. The highest BCUT2D eigenvalue weighted by atomic mass is 16.5. The van der Waals surface area contributed by atoms with E-state index in [0.717, 1.165) is 17.1 Å². The molecular formula is C16H21N3O2. The largest absolute Gasteiger partial charge is 0.497 e. The minimum absolute atomic E-state index is 0.0137. The maximum Gasteiger partial charge on any atom is 0.225 e. The molecule has 2 aromatic rings. The SMILES string of the molecule is COc1cccc(CCC(=O)Nc2ccnn2C(C)C)c1. The van der Waals surface area contributed by atoms with E-state index in [4.69, 9.17) is 4.74 Å². The average Bonchev–Trinajstić information content (AvgIpc) is 2.93. The quantitative estimate of drug-likeness (QED) is 0.888. The number of ether oxygens (including phenoxy) is 1. The zero-order chi connectivity index (χ0) is 15.2. The Hall–Kier alpha value is -2.30. The summed E-state index contributed by atoms with van der Waals surface area (Å²) in [6.45, 7) is 4.05. The highest BCUT2D eigenvalue weighted by molar-refractivity contribution is 5.89. The molecule has 5 heteroatoms. The Balaban J connectivity index is 1.91. The van der Waals surface area contributed by atoms with Crippen LogP contribution in [0.2, 0.25) is 0 Å². The normalized spacial score (nSPS) is 10.7. The van der Waals surface area contributed by atoms with Crippen LogP contribution in [-0.2, 0) is 11.2 Å².